The lowest BCUT2D eigenvalue weighted by Gasteiger charge is -2.23. The Kier molecular flexibility index (Phi) is 5.89. The van der Waals surface area contributed by atoms with Crippen molar-refractivity contribution in [3.05, 3.63) is 52.9 Å². The molecule has 1 saturated heterocycles. The van der Waals surface area contributed by atoms with Gasteiger partial charge in [0.2, 0.25) is 0 Å². The van der Waals surface area contributed by atoms with Crippen molar-refractivity contribution in [2.24, 2.45) is 0 Å². The van der Waals surface area contributed by atoms with E-state index >= 15 is 0 Å². The number of methoxy groups -OCH3 is 1. The van der Waals surface area contributed by atoms with Crippen molar-refractivity contribution in [2.75, 3.05) is 19.5 Å². The van der Waals surface area contributed by atoms with Crippen LogP contribution in [0, 0.1) is 6.92 Å². The average molecular weight is 479 g/mol. The fourth-order valence-corrected chi connectivity index (χ4v) is 4.52. The Morgan fingerprint density at radius 2 is 2.12 bits per heavy atom. The van der Waals surface area contributed by atoms with Crippen molar-refractivity contribution < 1.29 is 14.3 Å². The molecule has 0 aliphatic carbocycles. The minimum atomic E-state index is -0.673. The lowest BCUT2D eigenvalue weighted by Crippen LogP contribution is -2.18. The van der Waals surface area contributed by atoms with Crippen LogP contribution in [0.25, 0.3) is 33.5 Å². The predicted molar refractivity (Wildman–Crippen MR) is 128 cm³/mol. The van der Waals surface area contributed by atoms with Gasteiger partial charge in [0.15, 0.2) is 17.7 Å². The number of aromatic nitrogens is 5. The van der Waals surface area contributed by atoms with Gasteiger partial charge in [-0.2, -0.15) is 5.10 Å². The standard InChI is InChI=1S/C24H23ClN6O3/c1-13-8-9-16-15(12-28-31(16)17-7-3-4-11-34-17)18(13)20-19(25)21(24(32)33-2)30-23(29-20)14-6-5-10-27-22(14)26/h5-6,8-10,12,17H,3-4,7,11H2,1-2H3,(H2,26,27). The number of halogens is 1. The van der Waals surface area contributed by atoms with E-state index in [-0.39, 0.29) is 28.6 Å². The molecule has 4 heterocycles. The lowest BCUT2D eigenvalue weighted by atomic mass is 10.00. The van der Waals surface area contributed by atoms with Gasteiger partial charge in [0.1, 0.15) is 10.8 Å². The molecule has 4 aromatic rings. The molecule has 0 amide bonds. The van der Waals surface area contributed by atoms with Crippen molar-refractivity contribution in [3.8, 4) is 22.6 Å². The highest BCUT2D eigenvalue weighted by molar-refractivity contribution is 6.36. The van der Waals surface area contributed by atoms with Crippen LogP contribution in [0.15, 0.2) is 36.7 Å². The number of carbonyl (C=O) groups is 1. The zero-order valence-corrected chi connectivity index (χ0v) is 19.5. The minimum Gasteiger partial charge on any atom is -0.464 e. The van der Waals surface area contributed by atoms with Gasteiger partial charge in [0.05, 0.1) is 30.1 Å². The van der Waals surface area contributed by atoms with Gasteiger partial charge < -0.3 is 15.2 Å². The second-order valence-corrected chi connectivity index (χ2v) is 8.46. The summed E-state index contributed by atoms with van der Waals surface area (Å²) in [7, 11) is 1.28. The summed E-state index contributed by atoms with van der Waals surface area (Å²) in [6.07, 6.45) is 6.26. The van der Waals surface area contributed by atoms with Gasteiger partial charge >= 0.3 is 5.97 Å². The number of nitrogens with zero attached hydrogens (tertiary/aromatic N) is 5. The fourth-order valence-electron chi connectivity index (χ4n) is 4.26. The molecule has 1 unspecified atom stereocenters. The van der Waals surface area contributed by atoms with Gasteiger partial charge in [-0.15, -0.1) is 0 Å². The molecule has 0 radical (unpaired) electrons. The summed E-state index contributed by atoms with van der Waals surface area (Å²) in [5.74, 6) is -0.206. The summed E-state index contributed by atoms with van der Waals surface area (Å²) in [4.78, 5) is 25.8. The van der Waals surface area contributed by atoms with Crippen molar-refractivity contribution in [1.82, 2.24) is 24.7 Å². The van der Waals surface area contributed by atoms with E-state index in [4.69, 9.17) is 31.8 Å². The number of esters is 1. The van der Waals surface area contributed by atoms with Crippen LogP contribution in [-0.2, 0) is 9.47 Å². The van der Waals surface area contributed by atoms with E-state index in [1.165, 1.54) is 7.11 Å². The third-order valence-electron chi connectivity index (χ3n) is 5.96. The van der Waals surface area contributed by atoms with Crippen LogP contribution in [0.2, 0.25) is 5.02 Å². The number of pyridine rings is 1. The van der Waals surface area contributed by atoms with E-state index < -0.39 is 5.97 Å². The van der Waals surface area contributed by atoms with Crippen LogP contribution in [0.1, 0.15) is 41.5 Å². The van der Waals surface area contributed by atoms with E-state index in [1.807, 2.05) is 23.7 Å². The van der Waals surface area contributed by atoms with Gasteiger partial charge in [-0.25, -0.2) is 24.4 Å². The maximum absolute atomic E-state index is 12.6. The summed E-state index contributed by atoms with van der Waals surface area (Å²) >= 11 is 6.72. The number of ether oxygens (including phenoxy) is 2. The third kappa shape index (κ3) is 3.76. The zero-order chi connectivity index (χ0) is 23.8. The lowest BCUT2D eigenvalue weighted by molar-refractivity contribution is -0.0366. The zero-order valence-electron chi connectivity index (χ0n) is 18.8. The number of nitrogen functional groups attached to an aromatic ring is 1. The monoisotopic (exact) mass is 478 g/mol. The molecule has 0 spiro atoms. The molecule has 1 aliphatic rings. The largest absolute Gasteiger partial charge is 0.464 e. The molecule has 10 heteroatoms. The van der Waals surface area contributed by atoms with E-state index in [0.717, 1.165) is 41.3 Å². The Morgan fingerprint density at radius 1 is 1.26 bits per heavy atom. The second-order valence-electron chi connectivity index (χ2n) is 8.09. The Labute approximate surface area is 200 Å². The van der Waals surface area contributed by atoms with Gasteiger partial charge in [-0.3, -0.25) is 0 Å². The highest BCUT2D eigenvalue weighted by atomic mass is 35.5. The smallest absolute Gasteiger partial charge is 0.358 e. The fraction of sp³-hybridized carbons (Fsp3) is 0.292. The Hall–Kier alpha value is -3.56. The van der Waals surface area contributed by atoms with Crippen LogP contribution >= 0.6 is 11.6 Å². The summed E-state index contributed by atoms with van der Waals surface area (Å²) in [5.41, 5.74) is 9.47. The van der Waals surface area contributed by atoms with Gasteiger partial charge in [0.25, 0.3) is 0 Å². The maximum Gasteiger partial charge on any atom is 0.358 e. The molecule has 1 fully saturated rings. The van der Waals surface area contributed by atoms with E-state index in [9.17, 15) is 4.79 Å². The minimum absolute atomic E-state index is 0.0492. The van der Waals surface area contributed by atoms with Crippen molar-refractivity contribution >= 4 is 34.3 Å². The number of nitrogens with two attached hydrogens (primary N) is 1. The van der Waals surface area contributed by atoms with Gasteiger partial charge in [0, 0.05) is 23.8 Å². The summed E-state index contributed by atoms with van der Waals surface area (Å²) in [6, 6.07) is 7.45. The third-order valence-corrected chi connectivity index (χ3v) is 6.32. The molecular formula is C24H23ClN6O3. The van der Waals surface area contributed by atoms with E-state index in [2.05, 4.69) is 15.1 Å². The van der Waals surface area contributed by atoms with Crippen molar-refractivity contribution in [2.45, 2.75) is 32.4 Å². The molecule has 1 atom stereocenters. The topological polar surface area (TPSA) is 118 Å². The number of carbonyl (C=O) groups excluding carboxylic acids is 1. The van der Waals surface area contributed by atoms with Crippen molar-refractivity contribution in [3.63, 3.8) is 0 Å². The molecule has 3 aromatic heterocycles. The highest BCUT2D eigenvalue weighted by Gasteiger charge is 2.26. The molecule has 9 nitrogen and oxygen atoms in total. The number of rotatable bonds is 4. The first-order valence-corrected chi connectivity index (χ1v) is 11.3. The van der Waals surface area contributed by atoms with Crippen LogP contribution in [0.3, 0.4) is 0 Å². The Morgan fingerprint density at radius 3 is 2.85 bits per heavy atom. The van der Waals surface area contributed by atoms with Crippen LogP contribution in [0.4, 0.5) is 5.82 Å². The van der Waals surface area contributed by atoms with Crippen LogP contribution in [0.5, 0.6) is 0 Å². The number of fused-ring (bicyclic) bond motifs is 1. The van der Waals surface area contributed by atoms with Crippen LogP contribution < -0.4 is 5.73 Å². The number of hydrogen-bond donors (Lipinski definition) is 1. The SMILES string of the molecule is COC(=O)c1nc(-c2cccnc2N)nc(-c2c(C)ccc3c2cnn3C2CCCCO2)c1Cl. The predicted octanol–water partition coefficient (Wildman–Crippen LogP) is 4.59. The number of benzene rings is 1. The molecule has 34 heavy (non-hydrogen) atoms. The first kappa shape index (κ1) is 22.2. The van der Waals surface area contributed by atoms with E-state index in [1.54, 1.807) is 24.5 Å². The summed E-state index contributed by atoms with van der Waals surface area (Å²) in [6.45, 7) is 2.67. The highest BCUT2D eigenvalue weighted by Crippen LogP contribution is 2.39. The number of hydrogen-bond acceptors (Lipinski definition) is 8. The quantitative estimate of drug-likeness (QED) is 0.423. The van der Waals surface area contributed by atoms with Crippen molar-refractivity contribution in [1.29, 1.82) is 0 Å². The molecule has 174 valence electrons. The average Bonchev–Trinajstić information content (AvgIpc) is 3.29. The molecule has 2 N–H and O–H groups in total. The summed E-state index contributed by atoms with van der Waals surface area (Å²) in [5, 5.41) is 5.56. The van der Waals surface area contributed by atoms with Gasteiger partial charge in [-0.05, 0) is 49.9 Å². The molecule has 1 aromatic carbocycles. The second kappa shape index (κ2) is 9.00. The maximum atomic E-state index is 12.6. The Bertz CT molecular complexity index is 1400. The molecule has 0 bridgehead atoms. The molecular weight excluding hydrogens is 456 g/mol. The van der Waals surface area contributed by atoms with Gasteiger partial charge in [-0.1, -0.05) is 17.7 Å². The normalized spacial score (nSPS) is 16.0. The first-order valence-electron chi connectivity index (χ1n) is 10.9. The molecule has 5 rings (SSSR count). The summed E-state index contributed by atoms with van der Waals surface area (Å²) < 4.78 is 12.8. The first-order chi connectivity index (χ1) is 16.5. The number of aryl methyl sites for hydroxylation is 1. The van der Waals surface area contributed by atoms with Crippen LogP contribution in [-0.4, -0.2) is 44.4 Å². The number of anilines is 1. The molecule has 1 aliphatic heterocycles. The van der Waals surface area contributed by atoms with E-state index in [0.29, 0.717) is 17.9 Å². The molecule has 0 saturated carbocycles. The Balaban J connectivity index is 1.76.